The summed E-state index contributed by atoms with van der Waals surface area (Å²) in [6.45, 7) is 1.32. The van der Waals surface area contributed by atoms with Crippen molar-refractivity contribution in [1.82, 2.24) is 0 Å². The van der Waals surface area contributed by atoms with Crippen molar-refractivity contribution in [3.63, 3.8) is 0 Å². The van der Waals surface area contributed by atoms with Crippen LogP contribution in [0.25, 0.3) is 0 Å². The predicted molar refractivity (Wildman–Crippen MR) is 67.9 cm³/mol. The number of hydrogen-bond donors (Lipinski definition) is 0. The van der Waals surface area contributed by atoms with Gasteiger partial charge in [-0.05, 0) is 25.0 Å². The first-order valence-corrected chi connectivity index (χ1v) is 6.19. The summed E-state index contributed by atoms with van der Waals surface area (Å²) in [7, 11) is 1.52. The van der Waals surface area contributed by atoms with Gasteiger partial charge in [-0.2, -0.15) is 0 Å². The number of halogens is 1. The van der Waals surface area contributed by atoms with E-state index in [1.807, 2.05) is 0 Å². The van der Waals surface area contributed by atoms with E-state index in [0.29, 0.717) is 28.7 Å². The van der Waals surface area contributed by atoms with Crippen molar-refractivity contribution in [2.75, 3.05) is 20.3 Å². The maximum Gasteiger partial charge on any atom is 0.180 e. The summed E-state index contributed by atoms with van der Waals surface area (Å²) in [5.74, 6) is 0.940. The molecule has 18 heavy (non-hydrogen) atoms. The Bertz CT molecular complexity index is 427. The number of methoxy groups -OCH3 is 1. The smallest absolute Gasteiger partial charge is 0.180 e. The molecule has 98 valence electrons. The minimum atomic E-state index is -0.0211. The van der Waals surface area contributed by atoms with E-state index in [1.165, 1.54) is 7.11 Å². The second-order valence-electron chi connectivity index (χ2n) is 4.11. The van der Waals surface area contributed by atoms with Gasteiger partial charge < -0.3 is 14.2 Å². The van der Waals surface area contributed by atoms with E-state index >= 15 is 0 Å². The van der Waals surface area contributed by atoms with Crippen LogP contribution in [0.3, 0.4) is 0 Å². The van der Waals surface area contributed by atoms with Crippen LogP contribution < -0.4 is 9.47 Å². The molecule has 2 rings (SSSR count). The van der Waals surface area contributed by atoms with Gasteiger partial charge in [-0.1, -0.05) is 11.6 Å². The van der Waals surface area contributed by atoms with E-state index in [1.54, 1.807) is 12.1 Å². The predicted octanol–water partition coefficient (Wildman–Crippen LogP) is 2.72. The summed E-state index contributed by atoms with van der Waals surface area (Å²) in [6, 6.07) is 3.17. The third-order valence-electron chi connectivity index (χ3n) is 2.79. The SMILES string of the molecule is COc1cc(C=O)cc(Cl)c1OC1CCCOC1. The molecule has 1 heterocycles. The third kappa shape index (κ3) is 2.94. The van der Waals surface area contributed by atoms with Gasteiger partial charge in [0.1, 0.15) is 12.4 Å². The first-order chi connectivity index (χ1) is 8.74. The lowest BCUT2D eigenvalue weighted by atomic mass is 10.1. The molecule has 0 aliphatic carbocycles. The van der Waals surface area contributed by atoms with E-state index in [0.717, 1.165) is 25.7 Å². The third-order valence-corrected chi connectivity index (χ3v) is 3.07. The molecule has 1 aliphatic heterocycles. The van der Waals surface area contributed by atoms with Crippen LogP contribution in [-0.2, 0) is 4.74 Å². The molecule has 1 aromatic rings. The highest BCUT2D eigenvalue weighted by atomic mass is 35.5. The summed E-state index contributed by atoms with van der Waals surface area (Å²) in [4.78, 5) is 10.8. The fourth-order valence-corrected chi connectivity index (χ4v) is 2.16. The average molecular weight is 271 g/mol. The Kier molecular flexibility index (Phi) is 4.44. The minimum absolute atomic E-state index is 0.0211. The first kappa shape index (κ1) is 13.2. The molecule has 1 unspecified atom stereocenters. The normalized spacial score (nSPS) is 19.3. The van der Waals surface area contributed by atoms with Gasteiger partial charge in [0.15, 0.2) is 11.5 Å². The fraction of sp³-hybridized carbons (Fsp3) is 0.462. The molecule has 1 atom stereocenters. The van der Waals surface area contributed by atoms with Gasteiger partial charge in [0.25, 0.3) is 0 Å². The maximum atomic E-state index is 10.8. The number of aldehydes is 1. The summed E-state index contributed by atoms with van der Waals surface area (Å²) in [5.41, 5.74) is 0.462. The van der Waals surface area contributed by atoms with E-state index < -0.39 is 0 Å². The molecule has 1 saturated heterocycles. The van der Waals surface area contributed by atoms with Crippen LogP contribution in [0.1, 0.15) is 23.2 Å². The van der Waals surface area contributed by atoms with Crippen molar-refractivity contribution < 1.29 is 19.0 Å². The zero-order valence-corrected chi connectivity index (χ0v) is 10.9. The van der Waals surface area contributed by atoms with Crippen molar-refractivity contribution in [2.24, 2.45) is 0 Å². The highest BCUT2D eigenvalue weighted by Gasteiger charge is 2.20. The van der Waals surface area contributed by atoms with Gasteiger partial charge in [0.2, 0.25) is 0 Å². The van der Waals surface area contributed by atoms with Gasteiger partial charge in [-0.25, -0.2) is 0 Å². The first-order valence-electron chi connectivity index (χ1n) is 5.81. The molecule has 1 aromatic carbocycles. The van der Waals surface area contributed by atoms with Crippen molar-refractivity contribution >= 4 is 17.9 Å². The zero-order valence-electron chi connectivity index (χ0n) is 10.1. The van der Waals surface area contributed by atoms with Gasteiger partial charge in [-0.3, -0.25) is 4.79 Å². The lowest BCUT2D eigenvalue weighted by molar-refractivity contribution is 0.00648. The molecule has 0 amide bonds. The molecular formula is C13H15ClO4. The Morgan fingerprint density at radius 3 is 2.94 bits per heavy atom. The molecule has 5 heteroatoms. The lowest BCUT2D eigenvalue weighted by Crippen LogP contribution is -2.28. The summed E-state index contributed by atoms with van der Waals surface area (Å²) in [5, 5.41) is 0.377. The highest BCUT2D eigenvalue weighted by molar-refractivity contribution is 6.32. The molecule has 0 N–H and O–H groups in total. The van der Waals surface area contributed by atoms with E-state index in [9.17, 15) is 4.79 Å². The Labute approximate surface area is 111 Å². The van der Waals surface area contributed by atoms with Crippen molar-refractivity contribution in [2.45, 2.75) is 18.9 Å². The molecule has 0 bridgehead atoms. The number of carbonyl (C=O) groups is 1. The van der Waals surface area contributed by atoms with E-state index in [-0.39, 0.29) is 6.10 Å². The minimum Gasteiger partial charge on any atom is -0.493 e. The topological polar surface area (TPSA) is 44.8 Å². The van der Waals surface area contributed by atoms with Gasteiger partial charge in [-0.15, -0.1) is 0 Å². The summed E-state index contributed by atoms with van der Waals surface area (Å²) < 4.78 is 16.4. The summed E-state index contributed by atoms with van der Waals surface area (Å²) >= 11 is 6.11. The van der Waals surface area contributed by atoms with Crippen molar-refractivity contribution in [3.8, 4) is 11.5 Å². The Balaban J connectivity index is 2.22. The monoisotopic (exact) mass is 270 g/mol. The highest BCUT2D eigenvalue weighted by Crippen LogP contribution is 2.37. The van der Waals surface area contributed by atoms with Gasteiger partial charge in [0, 0.05) is 12.2 Å². The molecule has 0 spiro atoms. The largest absolute Gasteiger partial charge is 0.493 e. The van der Waals surface area contributed by atoms with Crippen molar-refractivity contribution in [1.29, 1.82) is 0 Å². The number of carbonyl (C=O) groups excluding carboxylic acids is 1. The van der Waals surface area contributed by atoms with Crippen LogP contribution in [0.2, 0.25) is 5.02 Å². The molecule has 1 fully saturated rings. The molecule has 4 nitrogen and oxygen atoms in total. The summed E-state index contributed by atoms with van der Waals surface area (Å²) in [6.07, 6.45) is 2.60. The van der Waals surface area contributed by atoms with Crippen LogP contribution in [0.5, 0.6) is 11.5 Å². The quantitative estimate of drug-likeness (QED) is 0.789. The van der Waals surface area contributed by atoms with Crippen LogP contribution in [0.4, 0.5) is 0 Å². The van der Waals surface area contributed by atoms with Gasteiger partial charge >= 0.3 is 0 Å². The van der Waals surface area contributed by atoms with Gasteiger partial charge in [0.05, 0.1) is 18.7 Å². The van der Waals surface area contributed by atoms with Crippen LogP contribution in [0, 0.1) is 0 Å². The maximum absolute atomic E-state index is 10.8. The van der Waals surface area contributed by atoms with Crippen LogP contribution >= 0.6 is 11.6 Å². The van der Waals surface area contributed by atoms with E-state index in [2.05, 4.69) is 0 Å². The fourth-order valence-electron chi connectivity index (χ4n) is 1.89. The molecule has 0 aromatic heterocycles. The average Bonchev–Trinajstić information content (AvgIpc) is 2.42. The molecule has 0 saturated carbocycles. The second kappa shape index (κ2) is 6.07. The number of ether oxygens (including phenoxy) is 3. The molecule has 0 radical (unpaired) electrons. The second-order valence-corrected chi connectivity index (χ2v) is 4.52. The number of rotatable bonds is 4. The number of hydrogen-bond acceptors (Lipinski definition) is 4. The van der Waals surface area contributed by atoms with E-state index in [4.69, 9.17) is 25.8 Å². The van der Waals surface area contributed by atoms with Crippen molar-refractivity contribution in [3.05, 3.63) is 22.7 Å². The Hall–Kier alpha value is -1.26. The molecular weight excluding hydrogens is 256 g/mol. The standard InChI is InChI=1S/C13H15ClO4/c1-16-12-6-9(7-15)5-11(14)13(12)18-10-3-2-4-17-8-10/h5-7,10H,2-4,8H2,1H3. The Morgan fingerprint density at radius 1 is 1.50 bits per heavy atom. The lowest BCUT2D eigenvalue weighted by Gasteiger charge is -2.24. The Morgan fingerprint density at radius 2 is 2.33 bits per heavy atom. The van der Waals surface area contributed by atoms with Crippen LogP contribution in [-0.4, -0.2) is 32.7 Å². The van der Waals surface area contributed by atoms with Crippen LogP contribution in [0.15, 0.2) is 12.1 Å². The zero-order chi connectivity index (χ0) is 13.0. The molecule has 1 aliphatic rings. The number of benzene rings is 1.